The summed E-state index contributed by atoms with van der Waals surface area (Å²) in [6.07, 6.45) is 1.43. The van der Waals surface area contributed by atoms with Crippen molar-refractivity contribution in [1.82, 2.24) is 4.98 Å². The second-order valence-electron chi connectivity index (χ2n) is 3.76. The summed E-state index contributed by atoms with van der Waals surface area (Å²) in [5.41, 5.74) is -0.138. The largest absolute Gasteiger partial charge is 0.465 e. The Morgan fingerprint density at radius 2 is 2.25 bits per heavy atom. The van der Waals surface area contributed by atoms with E-state index in [0.717, 1.165) is 0 Å². The van der Waals surface area contributed by atoms with Gasteiger partial charge in [-0.2, -0.15) is 8.42 Å². The van der Waals surface area contributed by atoms with Gasteiger partial charge in [0.15, 0.2) is 0 Å². The summed E-state index contributed by atoms with van der Waals surface area (Å²) < 4.78 is 35.0. The van der Waals surface area contributed by atoms with E-state index >= 15 is 0 Å². The van der Waals surface area contributed by atoms with Crippen LogP contribution in [0.15, 0.2) is 18.3 Å². The molecular weight excluding hydrogens is 286 g/mol. The van der Waals surface area contributed by atoms with Crippen LogP contribution in [0.3, 0.4) is 0 Å². The van der Waals surface area contributed by atoms with Crippen LogP contribution in [0.1, 0.15) is 12.5 Å². The second-order valence-corrected chi connectivity index (χ2v) is 5.22. The molecule has 0 fully saturated rings. The first kappa shape index (κ1) is 16.1. The van der Waals surface area contributed by atoms with Gasteiger partial charge in [-0.05, 0) is 19.1 Å². The Balaban J connectivity index is 2.83. The van der Waals surface area contributed by atoms with Crippen molar-refractivity contribution in [2.75, 3.05) is 24.2 Å². The normalized spacial score (nSPS) is 10.9. The Hall–Kier alpha value is -2.00. The Morgan fingerprint density at radius 1 is 1.55 bits per heavy atom. The van der Waals surface area contributed by atoms with Crippen molar-refractivity contribution in [2.24, 2.45) is 0 Å². The van der Waals surface area contributed by atoms with E-state index in [4.69, 9.17) is 14.7 Å². The van der Waals surface area contributed by atoms with E-state index in [-0.39, 0.29) is 30.2 Å². The van der Waals surface area contributed by atoms with E-state index in [9.17, 15) is 13.2 Å². The first-order chi connectivity index (χ1) is 9.33. The minimum absolute atomic E-state index is 0.156. The number of hydrogen-bond acceptors (Lipinski definition) is 7. The summed E-state index contributed by atoms with van der Waals surface area (Å²) in [6, 6.07) is 2.98. The van der Waals surface area contributed by atoms with E-state index < -0.39 is 21.8 Å². The Labute approximate surface area is 116 Å². The van der Waals surface area contributed by atoms with Gasteiger partial charge in [0.05, 0.1) is 12.3 Å². The topological polar surface area (TPSA) is 129 Å². The zero-order valence-corrected chi connectivity index (χ0v) is 11.6. The third-order valence-electron chi connectivity index (χ3n) is 2.17. The summed E-state index contributed by atoms with van der Waals surface area (Å²) in [7, 11) is -4.30. The molecule has 0 aliphatic rings. The van der Waals surface area contributed by atoms with E-state index in [1.54, 1.807) is 6.92 Å². The molecule has 1 aromatic heterocycles. The lowest BCUT2D eigenvalue weighted by Crippen LogP contribution is -2.21. The summed E-state index contributed by atoms with van der Waals surface area (Å²) in [6.45, 7) is 1.76. The minimum Gasteiger partial charge on any atom is -0.465 e. The van der Waals surface area contributed by atoms with Gasteiger partial charge in [-0.15, -0.1) is 0 Å². The predicted octanol–water partition coefficient (Wildman–Crippen LogP) is 0.312. The molecule has 1 heterocycles. The van der Waals surface area contributed by atoms with Crippen LogP contribution in [0.2, 0.25) is 0 Å². The van der Waals surface area contributed by atoms with Crippen LogP contribution < -0.4 is 5.32 Å². The van der Waals surface area contributed by atoms with Crippen LogP contribution in [0.25, 0.3) is 0 Å². The van der Waals surface area contributed by atoms with Crippen LogP contribution in [0, 0.1) is 5.41 Å². The average molecular weight is 301 g/mol. The van der Waals surface area contributed by atoms with Crippen molar-refractivity contribution in [3.05, 3.63) is 23.9 Å². The third kappa shape index (κ3) is 5.33. The molecule has 0 atom stereocenters. The number of aromatic nitrogens is 1. The molecule has 0 saturated carbocycles. The molecule has 1 aromatic rings. The van der Waals surface area contributed by atoms with Crippen molar-refractivity contribution in [2.45, 2.75) is 6.92 Å². The lowest BCUT2D eigenvalue weighted by molar-refractivity contribution is -0.140. The highest BCUT2D eigenvalue weighted by molar-refractivity contribution is 7.86. The number of nitrogens with zero attached hydrogens (tertiary/aromatic N) is 1. The first-order valence-corrected chi connectivity index (χ1v) is 7.32. The number of anilines is 1. The second kappa shape index (κ2) is 6.96. The van der Waals surface area contributed by atoms with Crippen molar-refractivity contribution in [1.29, 1.82) is 5.41 Å². The highest BCUT2D eigenvalue weighted by Gasteiger charge is 2.15. The van der Waals surface area contributed by atoms with Gasteiger partial charge in [0, 0.05) is 11.8 Å². The molecule has 8 nitrogen and oxygen atoms in total. The highest BCUT2D eigenvalue weighted by atomic mass is 32.2. The van der Waals surface area contributed by atoms with Gasteiger partial charge in [-0.1, -0.05) is 0 Å². The number of nitrogens with one attached hydrogen (secondary N) is 2. The average Bonchev–Trinajstić information content (AvgIpc) is 2.35. The molecule has 0 radical (unpaired) electrons. The highest BCUT2D eigenvalue weighted by Crippen LogP contribution is 2.12. The molecule has 0 spiro atoms. The molecule has 0 unspecified atom stereocenters. The van der Waals surface area contributed by atoms with E-state index in [0.29, 0.717) is 0 Å². The standard InChI is InChI=1S/C11H15N3O5S/c1-2-19-10(15)6-14-11-8(4-3-5-13-11)9(12)7-20(16,17)18/h3-5,12H,2,6-7H2,1H3,(H,13,14)(H,16,17,18). The fraction of sp³-hybridized carbons (Fsp3) is 0.364. The summed E-state index contributed by atoms with van der Waals surface area (Å²) >= 11 is 0. The van der Waals surface area contributed by atoms with Crippen LogP contribution in [0.4, 0.5) is 5.82 Å². The van der Waals surface area contributed by atoms with Crippen molar-refractivity contribution < 1.29 is 22.5 Å². The maximum absolute atomic E-state index is 11.2. The fourth-order valence-corrected chi connectivity index (χ4v) is 1.94. The third-order valence-corrected chi connectivity index (χ3v) is 2.82. The monoisotopic (exact) mass is 301 g/mol. The molecule has 0 saturated heterocycles. The molecule has 3 N–H and O–H groups in total. The Bertz CT molecular complexity index is 600. The quantitative estimate of drug-likeness (QED) is 0.375. The van der Waals surface area contributed by atoms with Crippen molar-refractivity contribution in [3.63, 3.8) is 0 Å². The molecule has 110 valence electrons. The smallest absolute Gasteiger partial charge is 0.325 e. The van der Waals surface area contributed by atoms with E-state index in [1.165, 1.54) is 18.3 Å². The van der Waals surface area contributed by atoms with Crippen LogP contribution >= 0.6 is 0 Å². The lowest BCUT2D eigenvalue weighted by atomic mass is 10.2. The molecule has 9 heteroatoms. The number of carbonyl (C=O) groups excluding carboxylic acids is 1. The Morgan fingerprint density at radius 3 is 2.85 bits per heavy atom. The van der Waals surface area contributed by atoms with Crippen LogP contribution in [-0.4, -0.2) is 48.5 Å². The fourth-order valence-electron chi connectivity index (χ4n) is 1.42. The van der Waals surface area contributed by atoms with Crippen LogP contribution in [0.5, 0.6) is 0 Å². The number of rotatable bonds is 7. The van der Waals surface area contributed by atoms with Gasteiger partial charge in [0.2, 0.25) is 0 Å². The molecule has 0 aliphatic carbocycles. The van der Waals surface area contributed by atoms with Gasteiger partial charge in [-0.3, -0.25) is 9.35 Å². The van der Waals surface area contributed by atoms with Crippen molar-refractivity contribution in [3.8, 4) is 0 Å². The van der Waals surface area contributed by atoms with Gasteiger partial charge in [0.1, 0.15) is 18.1 Å². The number of carbonyl (C=O) groups is 1. The van der Waals surface area contributed by atoms with E-state index in [2.05, 4.69) is 10.3 Å². The molecule has 1 rings (SSSR count). The maximum Gasteiger partial charge on any atom is 0.325 e. The summed E-state index contributed by atoms with van der Waals surface area (Å²) in [4.78, 5) is 15.1. The number of ether oxygens (including phenoxy) is 1. The SMILES string of the molecule is CCOC(=O)CNc1ncccc1C(=N)CS(=O)(=O)O. The zero-order valence-electron chi connectivity index (χ0n) is 10.8. The van der Waals surface area contributed by atoms with Gasteiger partial charge >= 0.3 is 5.97 Å². The number of pyridine rings is 1. The van der Waals surface area contributed by atoms with E-state index in [1.807, 2.05) is 0 Å². The summed E-state index contributed by atoms with van der Waals surface area (Å²) in [5.74, 6) is -1.15. The zero-order chi connectivity index (χ0) is 15.2. The molecule has 20 heavy (non-hydrogen) atoms. The molecule has 0 aromatic carbocycles. The predicted molar refractivity (Wildman–Crippen MR) is 72.6 cm³/mol. The minimum atomic E-state index is -4.30. The van der Waals surface area contributed by atoms with Gasteiger partial charge in [0.25, 0.3) is 10.1 Å². The van der Waals surface area contributed by atoms with Gasteiger partial charge in [-0.25, -0.2) is 4.98 Å². The Kier molecular flexibility index (Phi) is 5.59. The summed E-state index contributed by atoms with van der Waals surface area (Å²) in [5, 5.41) is 10.3. The number of esters is 1. The molecular formula is C11H15N3O5S. The number of hydrogen-bond donors (Lipinski definition) is 3. The maximum atomic E-state index is 11.2. The van der Waals surface area contributed by atoms with Gasteiger partial charge < -0.3 is 15.5 Å². The molecule has 0 bridgehead atoms. The molecule has 0 amide bonds. The lowest BCUT2D eigenvalue weighted by Gasteiger charge is -2.10. The van der Waals surface area contributed by atoms with Crippen LogP contribution in [-0.2, 0) is 19.6 Å². The first-order valence-electron chi connectivity index (χ1n) is 5.71. The van der Waals surface area contributed by atoms with Crippen molar-refractivity contribution >= 4 is 27.6 Å². The molecule has 0 aliphatic heterocycles.